The number of nitrogens with zero attached hydrogens (tertiary/aromatic N) is 5. The van der Waals surface area contributed by atoms with Gasteiger partial charge in [-0.2, -0.15) is 4.98 Å². The molecule has 1 N–H and O–H groups in total. The summed E-state index contributed by atoms with van der Waals surface area (Å²) in [6.07, 6.45) is 2.17. The van der Waals surface area contributed by atoms with E-state index in [-0.39, 0.29) is 18.4 Å². The van der Waals surface area contributed by atoms with Crippen LogP contribution in [-0.2, 0) is 16.0 Å². The van der Waals surface area contributed by atoms with Crippen LogP contribution in [0.15, 0.2) is 29.4 Å². The SMILES string of the molecule is COc1ccc([C@@H](CNC(=O)Cc2c(C)nc3nc(SC)nn3c2C)N2CCOCC2)cc1. The van der Waals surface area contributed by atoms with Crippen molar-refractivity contribution in [3.63, 3.8) is 0 Å². The van der Waals surface area contributed by atoms with Crippen LogP contribution < -0.4 is 10.1 Å². The molecule has 2 aromatic heterocycles. The first-order chi connectivity index (χ1) is 16.0. The number of methoxy groups -OCH3 is 1. The van der Waals surface area contributed by atoms with Crippen molar-refractivity contribution in [2.24, 2.45) is 0 Å². The van der Waals surface area contributed by atoms with E-state index in [0.29, 0.717) is 30.7 Å². The standard InChI is InChI=1S/C23H30N6O3S/c1-15-19(16(2)29-22(25-15)26-23(27-29)33-4)13-21(30)24-14-20(28-9-11-32-12-10-28)17-5-7-18(31-3)8-6-17/h5-8,20H,9-14H2,1-4H3,(H,24,30)/t20-/m1/s1. The summed E-state index contributed by atoms with van der Waals surface area (Å²) in [5.41, 5.74) is 3.71. The minimum atomic E-state index is -0.0423. The second kappa shape index (κ2) is 10.5. The topological polar surface area (TPSA) is 93.9 Å². The Morgan fingerprint density at radius 1 is 1.21 bits per heavy atom. The van der Waals surface area contributed by atoms with E-state index in [1.165, 1.54) is 11.8 Å². The van der Waals surface area contributed by atoms with Gasteiger partial charge in [0.1, 0.15) is 5.75 Å². The van der Waals surface area contributed by atoms with Crippen LogP contribution in [-0.4, -0.2) is 76.6 Å². The zero-order valence-electron chi connectivity index (χ0n) is 19.5. The van der Waals surface area contributed by atoms with Gasteiger partial charge in [-0.3, -0.25) is 9.69 Å². The molecule has 1 saturated heterocycles. The molecule has 4 rings (SSSR count). The molecular weight excluding hydrogens is 440 g/mol. The summed E-state index contributed by atoms with van der Waals surface area (Å²) in [6, 6.07) is 8.10. The van der Waals surface area contributed by atoms with E-state index >= 15 is 0 Å². The Labute approximate surface area is 197 Å². The first-order valence-corrected chi connectivity index (χ1v) is 12.2. The smallest absolute Gasteiger partial charge is 0.253 e. The van der Waals surface area contributed by atoms with Gasteiger partial charge < -0.3 is 14.8 Å². The van der Waals surface area contributed by atoms with Gasteiger partial charge in [-0.25, -0.2) is 9.50 Å². The number of fused-ring (bicyclic) bond motifs is 1. The Morgan fingerprint density at radius 3 is 2.61 bits per heavy atom. The lowest BCUT2D eigenvalue weighted by molar-refractivity contribution is -0.120. The van der Waals surface area contributed by atoms with Gasteiger partial charge in [-0.05, 0) is 37.8 Å². The lowest BCUT2D eigenvalue weighted by Crippen LogP contribution is -2.44. The normalized spacial score (nSPS) is 15.5. The number of thioether (sulfide) groups is 1. The van der Waals surface area contributed by atoms with Crippen LogP contribution in [0.2, 0.25) is 0 Å². The number of rotatable bonds is 8. The molecule has 1 aliphatic rings. The summed E-state index contributed by atoms with van der Waals surface area (Å²) in [6.45, 7) is 7.43. The molecular formula is C23H30N6O3S. The number of hydrogen-bond donors (Lipinski definition) is 1. The molecule has 0 aliphatic carbocycles. The van der Waals surface area contributed by atoms with Crippen LogP contribution in [0.4, 0.5) is 0 Å². The van der Waals surface area contributed by atoms with Gasteiger partial charge in [0.25, 0.3) is 5.78 Å². The highest BCUT2D eigenvalue weighted by atomic mass is 32.2. The second-order valence-electron chi connectivity index (χ2n) is 7.99. The van der Waals surface area contributed by atoms with Crippen molar-refractivity contribution in [2.75, 3.05) is 46.2 Å². The van der Waals surface area contributed by atoms with Crippen molar-refractivity contribution in [2.45, 2.75) is 31.5 Å². The summed E-state index contributed by atoms with van der Waals surface area (Å²) in [4.78, 5) is 24.3. The number of carbonyl (C=O) groups is 1. The summed E-state index contributed by atoms with van der Waals surface area (Å²) in [7, 11) is 1.66. The van der Waals surface area contributed by atoms with Crippen molar-refractivity contribution in [3.8, 4) is 5.75 Å². The molecule has 0 spiro atoms. The van der Waals surface area contributed by atoms with Gasteiger partial charge in [-0.1, -0.05) is 23.9 Å². The monoisotopic (exact) mass is 470 g/mol. The van der Waals surface area contributed by atoms with Gasteiger partial charge in [0.15, 0.2) is 0 Å². The number of amides is 1. The molecule has 33 heavy (non-hydrogen) atoms. The number of benzene rings is 1. The van der Waals surface area contributed by atoms with Crippen molar-refractivity contribution >= 4 is 23.4 Å². The Kier molecular flexibility index (Phi) is 7.46. The van der Waals surface area contributed by atoms with Gasteiger partial charge in [0.05, 0.1) is 32.8 Å². The van der Waals surface area contributed by atoms with E-state index < -0.39 is 0 Å². The molecule has 1 aliphatic heterocycles. The maximum atomic E-state index is 13.0. The number of hydrogen-bond acceptors (Lipinski definition) is 8. The minimum Gasteiger partial charge on any atom is -0.497 e. The Balaban J connectivity index is 1.49. The molecule has 1 aromatic carbocycles. The van der Waals surface area contributed by atoms with Crippen molar-refractivity contribution in [3.05, 3.63) is 46.8 Å². The average Bonchev–Trinajstić information content (AvgIpc) is 3.26. The zero-order chi connectivity index (χ0) is 23.4. The predicted octanol–water partition coefficient (Wildman–Crippen LogP) is 2.20. The third-order valence-electron chi connectivity index (χ3n) is 6.03. The molecule has 176 valence electrons. The number of aryl methyl sites for hydroxylation is 2. The second-order valence-corrected chi connectivity index (χ2v) is 8.76. The fraction of sp³-hybridized carbons (Fsp3) is 0.478. The fourth-order valence-electron chi connectivity index (χ4n) is 4.14. The predicted molar refractivity (Wildman–Crippen MR) is 127 cm³/mol. The average molecular weight is 471 g/mol. The Hall–Kier alpha value is -2.69. The summed E-state index contributed by atoms with van der Waals surface area (Å²) in [5.74, 6) is 1.33. The van der Waals surface area contributed by atoms with Crippen LogP contribution in [0, 0.1) is 13.8 Å². The molecule has 9 nitrogen and oxygen atoms in total. The highest BCUT2D eigenvalue weighted by Crippen LogP contribution is 2.24. The lowest BCUT2D eigenvalue weighted by atomic mass is 10.0. The van der Waals surface area contributed by atoms with E-state index in [9.17, 15) is 4.79 Å². The van der Waals surface area contributed by atoms with Gasteiger partial charge >= 0.3 is 0 Å². The van der Waals surface area contributed by atoms with Gasteiger partial charge in [0, 0.05) is 36.6 Å². The number of nitrogens with one attached hydrogen (secondary N) is 1. The Bertz CT molecular complexity index is 1110. The molecule has 10 heteroatoms. The number of aromatic nitrogens is 4. The van der Waals surface area contributed by atoms with Crippen LogP contribution in [0.25, 0.3) is 5.78 Å². The molecule has 1 amide bonds. The van der Waals surface area contributed by atoms with Crippen molar-refractivity contribution in [1.29, 1.82) is 0 Å². The molecule has 0 radical (unpaired) electrons. The molecule has 1 fully saturated rings. The highest BCUT2D eigenvalue weighted by Gasteiger charge is 2.24. The summed E-state index contributed by atoms with van der Waals surface area (Å²) >= 11 is 1.47. The van der Waals surface area contributed by atoms with Crippen molar-refractivity contribution < 1.29 is 14.3 Å². The third kappa shape index (κ3) is 5.29. The van der Waals surface area contributed by atoms with Crippen LogP contribution in [0.3, 0.4) is 0 Å². The quantitative estimate of drug-likeness (QED) is 0.501. The molecule has 3 aromatic rings. The van der Waals surface area contributed by atoms with E-state index in [1.807, 2.05) is 32.2 Å². The van der Waals surface area contributed by atoms with Crippen molar-refractivity contribution in [1.82, 2.24) is 29.8 Å². The molecule has 1 atom stereocenters. The number of morpholine rings is 1. The maximum absolute atomic E-state index is 13.0. The molecule has 0 bridgehead atoms. The largest absolute Gasteiger partial charge is 0.497 e. The van der Waals surface area contributed by atoms with E-state index in [4.69, 9.17) is 9.47 Å². The summed E-state index contributed by atoms with van der Waals surface area (Å²) in [5, 5.41) is 8.29. The first-order valence-electron chi connectivity index (χ1n) is 11.0. The van der Waals surface area contributed by atoms with Gasteiger partial charge in [-0.15, -0.1) is 5.10 Å². The highest BCUT2D eigenvalue weighted by molar-refractivity contribution is 7.98. The van der Waals surface area contributed by atoms with Crippen LogP contribution >= 0.6 is 11.8 Å². The molecule has 3 heterocycles. The summed E-state index contributed by atoms with van der Waals surface area (Å²) < 4.78 is 12.5. The molecule has 0 saturated carbocycles. The maximum Gasteiger partial charge on any atom is 0.253 e. The van der Waals surface area contributed by atoms with E-state index in [1.54, 1.807) is 11.6 Å². The number of carbonyl (C=O) groups excluding carboxylic acids is 1. The molecule has 0 unspecified atom stereocenters. The fourth-order valence-corrected chi connectivity index (χ4v) is 4.48. The van der Waals surface area contributed by atoms with E-state index in [2.05, 4.69) is 37.4 Å². The third-order valence-corrected chi connectivity index (χ3v) is 6.57. The van der Waals surface area contributed by atoms with Gasteiger partial charge in [0.2, 0.25) is 11.1 Å². The van der Waals surface area contributed by atoms with Crippen LogP contribution in [0.5, 0.6) is 5.75 Å². The Morgan fingerprint density at radius 2 is 1.94 bits per heavy atom. The number of ether oxygens (including phenoxy) is 2. The van der Waals surface area contributed by atoms with Crippen LogP contribution in [0.1, 0.15) is 28.6 Å². The zero-order valence-corrected chi connectivity index (χ0v) is 20.3. The van der Waals surface area contributed by atoms with E-state index in [0.717, 1.165) is 41.4 Å². The minimum absolute atomic E-state index is 0.0423. The lowest BCUT2D eigenvalue weighted by Gasteiger charge is -2.35. The first kappa shape index (κ1) is 23.5.